The fraction of sp³-hybridized carbons (Fsp3) is 0.208. The van der Waals surface area contributed by atoms with Crippen molar-refractivity contribution in [1.82, 2.24) is 5.32 Å². The van der Waals surface area contributed by atoms with Crippen LogP contribution >= 0.6 is 0 Å². The topological polar surface area (TPSA) is 24.4 Å². The quantitative estimate of drug-likeness (QED) is 0.674. The molecular weight excluding hydrogens is 316 g/mol. The van der Waals surface area contributed by atoms with Crippen molar-refractivity contribution in [3.8, 4) is 0 Å². The zero-order valence-electron chi connectivity index (χ0n) is 15.5. The summed E-state index contributed by atoms with van der Waals surface area (Å²) in [7, 11) is 0. The molecular formula is C24H24N2. The molecule has 26 heavy (non-hydrogen) atoms. The highest BCUT2D eigenvalue weighted by Crippen LogP contribution is 2.39. The predicted octanol–water partition coefficient (Wildman–Crippen LogP) is 5.44. The SMILES string of the molecule is Cc1ccccc1C1=N[C@H](c2ccccc2C)[C@H](c2ccccc2C)N1. The second-order valence-electron chi connectivity index (χ2n) is 7.07. The molecule has 0 saturated heterocycles. The molecule has 1 N–H and O–H groups in total. The second-order valence-corrected chi connectivity index (χ2v) is 7.07. The minimum Gasteiger partial charge on any atom is -0.361 e. The first-order valence-corrected chi connectivity index (χ1v) is 9.16. The predicted molar refractivity (Wildman–Crippen MR) is 109 cm³/mol. The first kappa shape index (κ1) is 16.6. The number of nitrogens with one attached hydrogen (secondary N) is 1. The van der Waals surface area contributed by atoms with Crippen molar-refractivity contribution in [1.29, 1.82) is 0 Å². The van der Waals surface area contributed by atoms with E-state index < -0.39 is 0 Å². The van der Waals surface area contributed by atoms with Crippen molar-refractivity contribution >= 4 is 5.84 Å². The molecule has 1 aliphatic rings. The molecule has 0 spiro atoms. The van der Waals surface area contributed by atoms with Gasteiger partial charge in [0.15, 0.2) is 0 Å². The molecule has 0 saturated carbocycles. The summed E-state index contributed by atoms with van der Waals surface area (Å²) in [5, 5.41) is 3.73. The summed E-state index contributed by atoms with van der Waals surface area (Å²) >= 11 is 0. The number of amidine groups is 1. The Morgan fingerprint density at radius 1 is 0.654 bits per heavy atom. The van der Waals surface area contributed by atoms with Gasteiger partial charge in [0.25, 0.3) is 0 Å². The summed E-state index contributed by atoms with van der Waals surface area (Å²) in [4.78, 5) is 5.15. The molecule has 2 nitrogen and oxygen atoms in total. The van der Waals surface area contributed by atoms with Gasteiger partial charge in [0.05, 0.1) is 6.04 Å². The number of hydrogen-bond donors (Lipinski definition) is 1. The highest BCUT2D eigenvalue weighted by atomic mass is 15.1. The maximum Gasteiger partial charge on any atom is 0.129 e. The summed E-state index contributed by atoms with van der Waals surface area (Å²) in [6, 6.07) is 25.9. The van der Waals surface area contributed by atoms with Gasteiger partial charge in [-0.1, -0.05) is 72.8 Å². The fourth-order valence-electron chi connectivity index (χ4n) is 3.81. The Bertz CT molecular complexity index is 971. The third-order valence-electron chi connectivity index (χ3n) is 5.31. The minimum atomic E-state index is 0.0758. The number of nitrogens with zero attached hydrogens (tertiary/aromatic N) is 1. The largest absolute Gasteiger partial charge is 0.361 e. The van der Waals surface area contributed by atoms with E-state index in [-0.39, 0.29) is 12.1 Å². The number of aliphatic imine (C=N–C) groups is 1. The van der Waals surface area contributed by atoms with Gasteiger partial charge >= 0.3 is 0 Å². The van der Waals surface area contributed by atoms with Gasteiger partial charge in [0.1, 0.15) is 11.9 Å². The molecule has 2 atom stereocenters. The van der Waals surface area contributed by atoms with Gasteiger partial charge in [-0.15, -0.1) is 0 Å². The van der Waals surface area contributed by atoms with Crippen LogP contribution in [0.25, 0.3) is 0 Å². The molecule has 130 valence electrons. The Hall–Kier alpha value is -2.87. The van der Waals surface area contributed by atoms with Crippen molar-refractivity contribution in [2.24, 2.45) is 4.99 Å². The lowest BCUT2D eigenvalue weighted by Crippen LogP contribution is -2.26. The molecule has 1 aliphatic heterocycles. The number of rotatable bonds is 3. The lowest BCUT2D eigenvalue weighted by Gasteiger charge is -2.22. The first-order chi connectivity index (χ1) is 12.6. The van der Waals surface area contributed by atoms with Crippen LogP contribution in [0.3, 0.4) is 0 Å². The number of benzene rings is 3. The molecule has 4 rings (SSSR count). The van der Waals surface area contributed by atoms with Crippen LogP contribution in [0.4, 0.5) is 0 Å². The first-order valence-electron chi connectivity index (χ1n) is 9.16. The Morgan fingerprint density at radius 3 is 1.81 bits per heavy atom. The molecule has 0 amide bonds. The number of hydrogen-bond acceptors (Lipinski definition) is 2. The molecule has 0 aromatic heterocycles. The van der Waals surface area contributed by atoms with Crippen LogP contribution in [-0.4, -0.2) is 5.84 Å². The molecule has 0 bridgehead atoms. The van der Waals surface area contributed by atoms with E-state index in [1.807, 2.05) is 0 Å². The van der Waals surface area contributed by atoms with Gasteiger partial charge in [-0.2, -0.15) is 0 Å². The van der Waals surface area contributed by atoms with E-state index in [0.29, 0.717) is 0 Å². The molecule has 0 fully saturated rings. The summed E-state index contributed by atoms with van der Waals surface area (Å²) < 4.78 is 0. The van der Waals surface area contributed by atoms with Crippen LogP contribution in [0, 0.1) is 20.8 Å². The van der Waals surface area contributed by atoms with Crippen LogP contribution in [0.1, 0.15) is 45.5 Å². The van der Waals surface area contributed by atoms with Gasteiger partial charge in [0.2, 0.25) is 0 Å². The third-order valence-corrected chi connectivity index (χ3v) is 5.31. The van der Waals surface area contributed by atoms with E-state index in [9.17, 15) is 0 Å². The highest BCUT2D eigenvalue weighted by Gasteiger charge is 2.33. The van der Waals surface area contributed by atoms with Crippen molar-refractivity contribution in [3.05, 3.63) is 106 Å². The van der Waals surface area contributed by atoms with E-state index in [0.717, 1.165) is 5.84 Å². The van der Waals surface area contributed by atoms with Crippen LogP contribution < -0.4 is 5.32 Å². The van der Waals surface area contributed by atoms with Crippen LogP contribution in [0.5, 0.6) is 0 Å². The smallest absolute Gasteiger partial charge is 0.129 e. The molecule has 2 heteroatoms. The summed E-state index contributed by atoms with van der Waals surface area (Å²) in [6.07, 6.45) is 0. The fourth-order valence-corrected chi connectivity index (χ4v) is 3.81. The monoisotopic (exact) mass is 340 g/mol. The molecule has 1 heterocycles. The molecule has 0 unspecified atom stereocenters. The summed E-state index contributed by atoms with van der Waals surface area (Å²) in [5.74, 6) is 0.990. The maximum absolute atomic E-state index is 5.15. The van der Waals surface area contributed by atoms with E-state index in [1.54, 1.807) is 0 Å². The molecule has 0 aliphatic carbocycles. The van der Waals surface area contributed by atoms with Gasteiger partial charge < -0.3 is 5.32 Å². The summed E-state index contributed by atoms with van der Waals surface area (Å²) in [6.45, 7) is 6.49. The lowest BCUT2D eigenvalue weighted by atomic mass is 9.90. The van der Waals surface area contributed by atoms with E-state index >= 15 is 0 Å². The Balaban J connectivity index is 1.83. The average Bonchev–Trinajstić information content (AvgIpc) is 3.07. The van der Waals surface area contributed by atoms with Crippen molar-refractivity contribution in [2.45, 2.75) is 32.9 Å². The van der Waals surface area contributed by atoms with Crippen molar-refractivity contribution in [2.75, 3.05) is 0 Å². The van der Waals surface area contributed by atoms with E-state index in [4.69, 9.17) is 4.99 Å². The highest BCUT2D eigenvalue weighted by molar-refractivity contribution is 6.01. The zero-order valence-corrected chi connectivity index (χ0v) is 15.5. The van der Waals surface area contributed by atoms with Crippen LogP contribution in [-0.2, 0) is 0 Å². The average molecular weight is 340 g/mol. The Morgan fingerprint density at radius 2 is 1.19 bits per heavy atom. The molecule has 0 radical (unpaired) electrons. The van der Waals surface area contributed by atoms with Gasteiger partial charge in [-0.05, 0) is 48.6 Å². The Kier molecular flexibility index (Phi) is 4.34. The van der Waals surface area contributed by atoms with Crippen LogP contribution in [0.2, 0.25) is 0 Å². The van der Waals surface area contributed by atoms with Gasteiger partial charge in [0, 0.05) is 5.56 Å². The molecule has 3 aromatic rings. The standard InChI is InChI=1S/C24H24N2/c1-16-10-4-7-13-19(16)22-23(20-14-8-5-11-17(20)2)26-24(25-22)21-15-9-6-12-18(21)3/h4-15,22-23H,1-3H3,(H,25,26)/t22-,23+. The van der Waals surface area contributed by atoms with Crippen molar-refractivity contribution < 1.29 is 0 Å². The van der Waals surface area contributed by atoms with Crippen molar-refractivity contribution in [3.63, 3.8) is 0 Å². The Labute approximate surface area is 155 Å². The van der Waals surface area contributed by atoms with E-state index in [1.165, 1.54) is 33.4 Å². The lowest BCUT2D eigenvalue weighted by molar-refractivity contribution is 0.567. The van der Waals surface area contributed by atoms with Gasteiger partial charge in [-0.3, -0.25) is 4.99 Å². The maximum atomic E-state index is 5.15. The third kappa shape index (κ3) is 2.92. The second kappa shape index (κ2) is 6.80. The molecule has 3 aromatic carbocycles. The van der Waals surface area contributed by atoms with E-state index in [2.05, 4.69) is 98.9 Å². The minimum absolute atomic E-state index is 0.0758. The van der Waals surface area contributed by atoms with Crippen LogP contribution in [0.15, 0.2) is 77.8 Å². The zero-order chi connectivity index (χ0) is 18.1. The van der Waals surface area contributed by atoms with Gasteiger partial charge in [-0.25, -0.2) is 0 Å². The summed E-state index contributed by atoms with van der Waals surface area (Å²) in [5.41, 5.74) is 7.61. The number of aryl methyl sites for hydroxylation is 3. The normalized spacial score (nSPS) is 19.1.